The molecule has 132 valence electrons. The van der Waals surface area contributed by atoms with E-state index in [1.165, 1.54) is 10.4 Å². The largest absolute Gasteiger partial charge is 0.447 e. The molecule has 0 spiro atoms. The number of alkyl carbamates (subject to hydrolysis) is 1. The fourth-order valence-electron chi connectivity index (χ4n) is 3.22. The Balaban J connectivity index is 1.93. The van der Waals surface area contributed by atoms with E-state index in [1.807, 2.05) is 36.4 Å². The Hall–Kier alpha value is -2.11. The van der Waals surface area contributed by atoms with Crippen LogP contribution in [-0.2, 0) is 9.16 Å². The Morgan fingerprint density at radius 3 is 1.96 bits per heavy atom. The van der Waals surface area contributed by atoms with Crippen molar-refractivity contribution >= 4 is 25.5 Å². The molecule has 25 heavy (non-hydrogen) atoms. The van der Waals surface area contributed by atoms with Crippen LogP contribution >= 0.6 is 0 Å². The second-order valence-electron chi connectivity index (χ2n) is 7.47. The van der Waals surface area contributed by atoms with Gasteiger partial charge in [-0.05, 0) is 15.8 Å². The van der Waals surface area contributed by atoms with E-state index in [2.05, 4.69) is 50.4 Å². The first-order chi connectivity index (χ1) is 11.9. The number of amides is 1. The number of hydrogen-bond donors (Lipinski definition) is 1. The van der Waals surface area contributed by atoms with E-state index in [0.29, 0.717) is 6.61 Å². The van der Waals surface area contributed by atoms with Crippen LogP contribution in [0.15, 0.2) is 60.7 Å². The molecule has 3 rings (SSSR count). The number of carbonyl (C=O) groups is 1. The molecule has 1 aliphatic heterocycles. The lowest BCUT2D eigenvalue weighted by Crippen LogP contribution is -2.55. The summed E-state index contributed by atoms with van der Waals surface area (Å²) in [5.41, 5.74) is -0.125. The number of benzene rings is 2. The van der Waals surface area contributed by atoms with Gasteiger partial charge in [0.25, 0.3) is 0 Å². The van der Waals surface area contributed by atoms with Gasteiger partial charge in [-0.2, -0.15) is 0 Å². The zero-order chi connectivity index (χ0) is 17.9. The van der Waals surface area contributed by atoms with E-state index in [4.69, 9.17) is 9.16 Å². The normalized spacial score (nSPS) is 18.7. The average Bonchev–Trinajstić information content (AvgIpc) is 3.02. The molecule has 2 atom stereocenters. The molecular weight excluding hydrogens is 330 g/mol. The van der Waals surface area contributed by atoms with Crippen LogP contribution in [0.5, 0.6) is 0 Å². The van der Waals surface area contributed by atoms with E-state index >= 15 is 0 Å². The maximum atomic E-state index is 11.5. The van der Waals surface area contributed by atoms with Crippen LogP contribution < -0.4 is 15.7 Å². The zero-order valence-electron chi connectivity index (χ0n) is 14.9. The topological polar surface area (TPSA) is 47.6 Å². The van der Waals surface area contributed by atoms with Gasteiger partial charge in [-0.3, -0.25) is 0 Å². The minimum atomic E-state index is -1.89. The summed E-state index contributed by atoms with van der Waals surface area (Å²) in [4.78, 5) is 11.5. The van der Waals surface area contributed by atoms with Crippen molar-refractivity contribution in [3.05, 3.63) is 60.7 Å². The maximum Gasteiger partial charge on any atom is 0.407 e. The van der Waals surface area contributed by atoms with Crippen LogP contribution in [0.1, 0.15) is 20.8 Å². The lowest BCUT2D eigenvalue weighted by Gasteiger charge is -2.37. The summed E-state index contributed by atoms with van der Waals surface area (Å²) in [6, 6.07) is 20.6. The number of nitrogens with one attached hydrogen (secondary N) is 1. The molecule has 0 bridgehead atoms. The molecule has 2 aromatic rings. The summed E-state index contributed by atoms with van der Waals surface area (Å²) >= 11 is 0. The van der Waals surface area contributed by atoms with E-state index in [9.17, 15) is 4.79 Å². The molecule has 4 nitrogen and oxygen atoms in total. The fraction of sp³-hybridized carbons (Fsp3) is 0.350. The molecule has 1 unspecified atom stereocenters. The van der Waals surface area contributed by atoms with Gasteiger partial charge in [0.1, 0.15) is 6.61 Å². The highest BCUT2D eigenvalue weighted by atomic mass is 28.3. The van der Waals surface area contributed by atoms with Crippen LogP contribution in [0.3, 0.4) is 0 Å². The molecular formula is C20H25NO3Si. The van der Waals surface area contributed by atoms with Gasteiger partial charge >= 0.3 is 6.09 Å². The van der Waals surface area contributed by atoms with Gasteiger partial charge in [0.15, 0.2) is 0 Å². The maximum absolute atomic E-state index is 11.5. The fourth-order valence-corrected chi connectivity index (χ4v) is 5.95. The molecule has 1 fully saturated rings. The Morgan fingerprint density at radius 2 is 1.56 bits per heavy atom. The number of hydrogen-bond acceptors (Lipinski definition) is 3. The van der Waals surface area contributed by atoms with Crippen molar-refractivity contribution in [1.82, 2.24) is 5.32 Å². The Kier molecular flexibility index (Phi) is 5.25. The van der Waals surface area contributed by atoms with Crippen LogP contribution in [-0.4, -0.2) is 33.9 Å². The van der Waals surface area contributed by atoms with Gasteiger partial charge in [0, 0.05) is 0 Å². The number of rotatable bonds is 5. The van der Waals surface area contributed by atoms with E-state index in [1.54, 1.807) is 0 Å². The standard InChI is InChI=1S/C20H25NO3Si/c1-20(2,3)18(17-14-23-19(22)21-17)24-25(15-10-6-4-7-11-15)16-12-8-5-9-13-16/h4-13,17-18,25H,14H2,1-3H3,(H,21,22)/t17-,18?/m1/s1. The first kappa shape index (κ1) is 17.7. The van der Waals surface area contributed by atoms with E-state index < -0.39 is 9.04 Å². The third-order valence-electron chi connectivity index (χ3n) is 4.40. The van der Waals surface area contributed by atoms with Crippen LogP contribution in [0.4, 0.5) is 4.79 Å². The molecule has 0 saturated carbocycles. The van der Waals surface area contributed by atoms with E-state index in [0.717, 1.165) is 0 Å². The van der Waals surface area contributed by atoms with Gasteiger partial charge in [0.2, 0.25) is 9.04 Å². The molecule has 1 aliphatic rings. The van der Waals surface area contributed by atoms with Gasteiger partial charge in [0.05, 0.1) is 12.1 Å². The average molecular weight is 356 g/mol. The lowest BCUT2D eigenvalue weighted by atomic mass is 9.85. The molecule has 0 aromatic heterocycles. The molecule has 1 saturated heterocycles. The van der Waals surface area contributed by atoms with Crippen molar-refractivity contribution in [2.75, 3.05) is 6.61 Å². The van der Waals surface area contributed by atoms with Crippen molar-refractivity contribution < 1.29 is 14.0 Å². The number of cyclic esters (lactones) is 1. The van der Waals surface area contributed by atoms with E-state index in [-0.39, 0.29) is 23.7 Å². The first-order valence-corrected chi connectivity index (χ1v) is 10.3. The Bertz CT molecular complexity index is 660. The van der Waals surface area contributed by atoms with Gasteiger partial charge in [-0.25, -0.2) is 4.79 Å². The summed E-state index contributed by atoms with van der Waals surface area (Å²) in [7, 11) is -1.89. The summed E-state index contributed by atoms with van der Waals surface area (Å²) in [6.45, 7) is 6.78. The first-order valence-electron chi connectivity index (χ1n) is 8.64. The van der Waals surface area contributed by atoms with Gasteiger partial charge < -0.3 is 14.5 Å². The number of carbonyl (C=O) groups excluding carboxylic acids is 1. The number of ether oxygens (including phenoxy) is 1. The summed E-state index contributed by atoms with van der Waals surface area (Å²) < 4.78 is 11.9. The SMILES string of the molecule is CC(C)(C)C(O[SiH](c1ccccc1)c1ccccc1)[C@H]1COC(=O)N1. The second-order valence-corrected chi connectivity index (χ2v) is 9.84. The minimum Gasteiger partial charge on any atom is -0.447 e. The van der Waals surface area contributed by atoms with Crippen molar-refractivity contribution in [3.63, 3.8) is 0 Å². The van der Waals surface area contributed by atoms with Gasteiger partial charge in [-0.1, -0.05) is 81.4 Å². The summed E-state index contributed by atoms with van der Waals surface area (Å²) in [5, 5.41) is 5.36. The third kappa shape index (κ3) is 4.30. The Labute approximate surface area is 150 Å². The van der Waals surface area contributed by atoms with Crippen LogP contribution in [0.25, 0.3) is 0 Å². The monoisotopic (exact) mass is 355 g/mol. The molecule has 1 N–H and O–H groups in total. The van der Waals surface area contributed by atoms with Crippen LogP contribution in [0, 0.1) is 5.41 Å². The highest BCUT2D eigenvalue weighted by Crippen LogP contribution is 2.27. The molecule has 2 aromatic carbocycles. The third-order valence-corrected chi connectivity index (χ3v) is 6.95. The van der Waals surface area contributed by atoms with Crippen LogP contribution in [0.2, 0.25) is 0 Å². The predicted molar refractivity (Wildman–Crippen MR) is 102 cm³/mol. The smallest absolute Gasteiger partial charge is 0.407 e. The zero-order valence-corrected chi connectivity index (χ0v) is 16.1. The minimum absolute atomic E-state index is 0.125. The lowest BCUT2D eigenvalue weighted by molar-refractivity contribution is 0.0546. The summed E-state index contributed by atoms with van der Waals surface area (Å²) in [5.74, 6) is 0. The highest BCUT2D eigenvalue weighted by molar-refractivity contribution is 6.80. The van der Waals surface area contributed by atoms with Gasteiger partial charge in [-0.15, -0.1) is 0 Å². The summed E-state index contributed by atoms with van der Waals surface area (Å²) in [6.07, 6.45) is -0.489. The molecule has 5 heteroatoms. The molecule has 0 radical (unpaired) electrons. The van der Waals surface area contributed by atoms with Crippen molar-refractivity contribution in [1.29, 1.82) is 0 Å². The predicted octanol–water partition coefficient (Wildman–Crippen LogP) is 2.06. The van der Waals surface area contributed by atoms with Crippen molar-refractivity contribution in [3.8, 4) is 0 Å². The van der Waals surface area contributed by atoms with Crippen molar-refractivity contribution in [2.24, 2.45) is 5.41 Å². The molecule has 1 amide bonds. The second kappa shape index (κ2) is 7.41. The quantitative estimate of drug-likeness (QED) is 0.835. The Morgan fingerprint density at radius 1 is 1.04 bits per heavy atom. The highest BCUT2D eigenvalue weighted by Gasteiger charge is 2.40. The van der Waals surface area contributed by atoms with Crippen molar-refractivity contribution in [2.45, 2.75) is 32.9 Å². The molecule has 0 aliphatic carbocycles. The molecule has 1 heterocycles.